The van der Waals surface area contributed by atoms with Gasteiger partial charge in [-0.05, 0) is 42.0 Å². The molecule has 0 saturated carbocycles. The maximum absolute atomic E-state index is 12.8. The molecule has 2 aromatic heterocycles. The number of aromatic nitrogens is 2. The van der Waals surface area contributed by atoms with Crippen molar-refractivity contribution < 1.29 is 13.6 Å². The first-order valence-corrected chi connectivity index (χ1v) is 7.33. The van der Waals surface area contributed by atoms with Crippen LogP contribution >= 0.6 is 0 Å². The van der Waals surface area contributed by atoms with Crippen molar-refractivity contribution in [2.75, 3.05) is 10.6 Å². The normalized spacial score (nSPS) is 10.4. The minimum Gasteiger partial charge on any atom is -0.467 e. The third-order valence-corrected chi connectivity index (χ3v) is 3.23. The van der Waals surface area contributed by atoms with Crippen LogP contribution in [-0.4, -0.2) is 16.1 Å². The second kappa shape index (κ2) is 7.36. The van der Waals surface area contributed by atoms with Gasteiger partial charge in [-0.3, -0.25) is 4.79 Å². The molecule has 0 radical (unpaired) electrons. The lowest BCUT2D eigenvalue weighted by Gasteiger charge is -2.06. The van der Waals surface area contributed by atoms with E-state index in [-0.39, 0.29) is 18.1 Å². The van der Waals surface area contributed by atoms with E-state index in [1.54, 1.807) is 30.5 Å². The Labute approximate surface area is 137 Å². The molecule has 1 aromatic carbocycles. The second-order valence-electron chi connectivity index (χ2n) is 5.09. The van der Waals surface area contributed by atoms with E-state index in [1.165, 1.54) is 12.1 Å². The van der Waals surface area contributed by atoms with Crippen molar-refractivity contribution >= 4 is 17.5 Å². The van der Waals surface area contributed by atoms with E-state index in [9.17, 15) is 9.18 Å². The van der Waals surface area contributed by atoms with Crippen LogP contribution in [0.15, 0.2) is 59.2 Å². The zero-order valence-electron chi connectivity index (χ0n) is 12.7. The van der Waals surface area contributed by atoms with Crippen LogP contribution in [0.1, 0.15) is 11.3 Å². The summed E-state index contributed by atoms with van der Waals surface area (Å²) in [7, 11) is 0. The van der Waals surface area contributed by atoms with Crippen molar-refractivity contribution in [2.24, 2.45) is 0 Å². The zero-order valence-corrected chi connectivity index (χ0v) is 12.7. The highest BCUT2D eigenvalue weighted by molar-refractivity contribution is 5.91. The Morgan fingerprint density at radius 2 is 1.79 bits per heavy atom. The molecule has 0 aliphatic heterocycles. The number of furan rings is 1. The first-order valence-electron chi connectivity index (χ1n) is 7.33. The molecule has 24 heavy (non-hydrogen) atoms. The highest BCUT2D eigenvalue weighted by Gasteiger charge is 2.06. The van der Waals surface area contributed by atoms with Crippen LogP contribution in [0.25, 0.3) is 0 Å². The molecule has 3 rings (SSSR count). The third-order valence-electron chi connectivity index (χ3n) is 3.23. The SMILES string of the molecule is O=C(Cc1ccc(F)cc1)Nc1ccc(NCc2ccco2)nn1. The summed E-state index contributed by atoms with van der Waals surface area (Å²) in [6.07, 6.45) is 1.74. The van der Waals surface area contributed by atoms with Crippen LogP contribution < -0.4 is 10.6 Å². The van der Waals surface area contributed by atoms with E-state index >= 15 is 0 Å². The number of amides is 1. The van der Waals surface area contributed by atoms with E-state index in [1.807, 2.05) is 12.1 Å². The summed E-state index contributed by atoms with van der Waals surface area (Å²) in [6.45, 7) is 0.498. The van der Waals surface area contributed by atoms with Crippen molar-refractivity contribution in [1.82, 2.24) is 10.2 Å². The highest BCUT2D eigenvalue weighted by atomic mass is 19.1. The average molecular weight is 326 g/mol. The number of hydrogen-bond donors (Lipinski definition) is 2. The predicted octanol–water partition coefficient (Wildman–Crippen LogP) is 3.00. The van der Waals surface area contributed by atoms with Gasteiger partial charge in [-0.25, -0.2) is 4.39 Å². The maximum Gasteiger partial charge on any atom is 0.229 e. The van der Waals surface area contributed by atoms with Gasteiger partial charge in [0.1, 0.15) is 17.4 Å². The molecule has 0 bridgehead atoms. The Bertz CT molecular complexity index is 786. The largest absolute Gasteiger partial charge is 0.467 e. The van der Waals surface area contributed by atoms with E-state index in [0.29, 0.717) is 18.2 Å². The van der Waals surface area contributed by atoms with Gasteiger partial charge in [-0.1, -0.05) is 12.1 Å². The lowest BCUT2D eigenvalue weighted by atomic mass is 10.1. The molecule has 3 aromatic rings. The number of carbonyl (C=O) groups is 1. The van der Waals surface area contributed by atoms with Gasteiger partial charge < -0.3 is 15.1 Å². The fraction of sp³-hybridized carbons (Fsp3) is 0.118. The van der Waals surface area contributed by atoms with Gasteiger partial charge in [-0.15, -0.1) is 10.2 Å². The molecule has 1 amide bonds. The molecule has 0 atom stereocenters. The van der Waals surface area contributed by atoms with E-state index in [4.69, 9.17) is 4.42 Å². The van der Waals surface area contributed by atoms with E-state index in [0.717, 1.165) is 11.3 Å². The summed E-state index contributed by atoms with van der Waals surface area (Å²) in [6, 6.07) is 12.8. The van der Waals surface area contributed by atoms with E-state index in [2.05, 4.69) is 20.8 Å². The highest BCUT2D eigenvalue weighted by Crippen LogP contribution is 2.10. The number of anilines is 2. The van der Waals surface area contributed by atoms with Gasteiger partial charge in [0, 0.05) is 0 Å². The molecule has 0 unspecified atom stereocenters. The minimum absolute atomic E-state index is 0.139. The van der Waals surface area contributed by atoms with Gasteiger partial charge in [0.05, 0.1) is 19.2 Å². The molecule has 6 nitrogen and oxygen atoms in total. The number of halogens is 1. The Balaban J connectivity index is 1.51. The maximum atomic E-state index is 12.8. The van der Waals surface area contributed by atoms with Crippen molar-refractivity contribution in [3.05, 3.63) is 71.9 Å². The molecule has 2 N–H and O–H groups in total. The van der Waals surface area contributed by atoms with Gasteiger partial charge in [0.25, 0.3) is 0 Å². The second-order valence-corrected chi connectivity index (χ2v) is 5.09. The van der Waals surface area contributed by atoms with Crippen LogP contribution in [0.4, 0.5) is 16.0 Å². The number of nitrogens with one attached hydrogen (secondary N) is 2. The molecule has 0 aliphatic carbocycles. The minimum atomic E-state index is -0.331. The summed E-state index contributed by atoms with van der Waals surface area (Å²) in [5.41, 5.74) is 0.721. The summed E-state index contributed by atoms with van der Waals surface area (Å²) in [5.74, 6) is 1.14. The molecule has 2 heterocycles. The summed E-state index contributed by atoms with van der Waals surface area (Å²) >= 11 is 0. The smallest absolute Gasteiger partial charge is 0.229 e. The van der Waals surface area contributed by atoms with E-state index < -0.39 is 0 Å². The van der Waals surface area contributed by atoms with Gasteiger partial charge in [-0.2, -0.15) is 0 Å². The van der Waals surface area contributed by atoms with Crippen molar-refractivity contribution in [1.29, 1.82) is 0 Å². The van der Waals surface area contributed by atoms with Crippen molar-refractivity contribution in [3.8, 4) is 0 Å². The summed E-state index contributed by atoms with van der Waals surface area (Å²) in [4.78, 5) is 11.9. The first-order chi connectivity index (χ1) is 11.7. The average Bonchev–Trinajstić information content (AvgIpc) is 3.10. The Morgan fingerprint density at radius 3 is 2.46 bits per heavy atom. The van der Waals surface area contributed by atoms with Gasteiger partial charge >= 0.3 is 0 Å². The number of nitrogens with zero attached hydrogens (tertiary/aromatic N) is 2. The van der Waals surface area contributed by atoms with Crippen LogP contribution in [0.5, 0.6) is 0 Å². The molecular weight excluding hydrogens is 311 g/mol. The fourth-order valence-electron chi connectivity index (χ4n) is 2.06. The molecule has 0 saturated heterocycles. The van der Waals surface area contributed by atoms with Crippen LogP contribution in [0.3, 0.4) is 0 Å². The molecule has 0 spiro atoms. The quantitative estimate of drug-likeness (QED) is 0.728. The lowest BCUT2D eigenvalue weighted by molar-refractivity contribution is -0.115. The summed E-state index contributed by atoms with van der Waals surface area (Å²) < 4.78 is 18.0. The van der Waals surface area contributed by atoms with Crippen molar-refractivity contribution in [3.63, 3.8) is 0 Å². The zero-order chi connectivity index (χ0) is 16.8. The predicted molar refractivity (Wildman–Crippen MR) is 86.8 cm³/mol. The molecule has 0 aliphatic rings. The molecule has 122 valence electrons. The van der Waals surface area contributed by atoms with Crippen LogP contribution in [-0.2, 0) is 17.8 Å². The standard InChI is InChI=1S/C17H15FN4O2/c18-13-5-3-12(4-6-13)10-17(23)20-16-8-7-15(21-22-16)19-11-14-2-1-9-24-14/h1-9H,10-11H2,(H,19,21)(H,20,22,23). The van der Waals surface area contributed by atoms with Crippen molar-refractivity contribution in [2.45, 2.75) is 13.0 Å². The topological polar surface area (TPSA) is 80.0 Å². The molecule has 7 heteroatoms. The number of hydrogen-bond acceptors (Lipinski definition) is 5. The third kappa shape index (κ3) is 4.39. The van der Waals surface area contributed by atoms with Crippen LogP contribution in [0, 0.1) is 5.82 Å². The summed E-state index contributed by atoms with van der Waals surface area (Å²) in [5, 5.41) is 13.6. The molecular formula is C17H15FN4O2. The number of rotatable bonds is 6. The Kier molecular flexibility index (Phi) is 4.81. The monoisotopic (exact) mass is 326 g/mol. The molecule has 0 fully saturated rings. The van der Waals surface area contributed by atoms with Gasteiger partial charge in [0.2, 0.25) is 5.91 Å². The van der Waals surface area contributed by atoms with Crippen LogP contribution in [0.2, 0.25) is 0 Å². The number of carbonyl (C=O) groups excluding carboxylic acids is 1. The number of benzene rings is 1. The fourth-order valence-corrected chi connectivity index (χ4v) is 2.06. The lowest BCUT2D eigenvalue weighted by Crippen LogP contribution is -2.16. The van der Waals surface area contributed by atoms with Gasteiger partial charge in [0.15, 0.2) is 5.82 Å². The first kappa shape index (κ1) is 15.7. The Hall–Kier alpha value is -3.22. The Morgan fingerprint density at radius 1 is 1.04 bits per heavy atom.